The Morgan fingerprint density at radius 1 is 1.00 bits per heavy atom. The van der Waals surface area contributed by atoms with Gasteiger partial charge in [-0.2, -0.15) is 0 Å². The molecule has 1 N–H and O–H groups in total. The van der Waals surface area contributed by atoms with E-state index in [0.717, 1.165) is 27.7 Å². The van der Waals surface area contributed by atoms with E-state index >= 15 is 0 Å². The molecule has 224 valence electrons. The molecule has 0 amide bonds. The van der Waals surface area contributed by atoms with Crippen molar-refractivity contribution in [1.82, 2.24) is 9.55 Å². The maximum Gasteiger partial charge on any atom is 0.338 e. The van der Waals surface area contributed by atoms with Crippen LogP contribution in [0.3, 0.4) is 0 Å². The number of thiazole rings is 1. The van der Waals surface area contributed by atoms with Crippen LogP contribution in [-0.2, 0) is 9.53 Å². The zero-order valence-electron chi connectivity index (χ0n) is 25.0. The third-order valence-electron chi connectivity index (χ3n) is 7.62. The van der Waals surface area contributed by atoms with Gasteiger partial charge >= 0.3 is 5.97 Å². The van der Waals surface area contributed by atoms with Crippen LogP contribution in [0.1, 0.15) is 31.0 Å². The highest BCUT2D eigenvalue weighted by Gasteiger charge is 2.34. The van der Waals surface area contributed by atoms with Crippen LogP contribution in [0.5, 0.6) is 17.2 Å². The molecular formula is C34H31N3O6S. The van der Waals surface area contributed by atoms with Gasteiger partial charge in [0.1, 0.15) is 5.75 Å². The molecule has 44 heavy (non-hydrogen) atoms. The van der Waals surface area contributed by atoms with E-state index in [1.165, 1.54) is 11.3 Å². The highest BCUT2D eigenvalue weighted by molar-refractivity contribution is 7.07. The number of methoxy groups -OCH3 is 3. The molecule has 0 saturated heterocycles. The summed E-state index contributed by atoms with van der Waals surface area (Å²) in [5, 5.41) is 0.911. The minimum absolute atomic E-state index is 0.185. The normalized spacial score (nSPS) is 14.8. The molecule has 0 fully saturated rings. The zero-order chi connectivity index (χ0) is 31.0. The molecule has 0 radical (unpaired) electrons. The number of carbonyl (C=O) groups excluding carboxylic acids is 1. The number of nitrogens with zero attached hydrogens (tertiary/aromatic N) is 2. The number of aromatic amines is 1. The van der Waals surface area contributed by atoms with E-state index in [4.69, 9.17) is 23.9 Å². The second-order valence-electron chi connectivity index (χ2n) is 10.1. The Balaban J connectivity index is 1.62. The minimum Gasteiger partial charge on any atom is -0.497 e. The van der Waals surface area contributed by atoms with Crippen molar-refractivity contribution in [2.24, 2.45) is 4.99 Å². The maximum atomic E-state index is 14.4. The maximum absolute atomic E-state index is 14.4. The highest BCUT2D eigenvalue weighted by Crippen LogP contribution is 2.37. The molecule has 1 aliphatic heterocycles. The number of H-pyrrole nitrogens is 1. The molecule has 6 rings (SSSR count). The van der Waals surface area contributed by atoms with E-state index in [0.29, 0.717) is 43.4 Å². The Kier molecular flexibility index (Phi) is 7.84. The number of hydrogen-bond donors (Lipinski definition) is 1. The number of esters is 1. The van der Waals surface area contributed by atoms with Crippen LogP contribution < -0.4 is 29.1 Å². The first-order valence-corrected chi connectivity index (χ1v) is 14.9. The Morgan fingerprint density at radius 2 is 1.77 bits per heavy atom. The summed E-state index contributed by atoms with van der Waals surface area (Å²) in [7, 11) is 4.72. The first-order valence-electron chi connectivity index (χ1n) is 14.0. The van der Waals surface area contributed by atoms with Crippen LogP contribution in [0, 0.1) is 0 Å². The van der Waals surface area contributed by atoms with E-state index < -0.39 is 12.0 Å². The van der Waals surface area contributed by atoms with E-state index in [9.17, 15) is 9.59 Å². The van der Waals surface area contributed by atoms with E-state index in [2.05, 4.69) is 4.98 Å². The number of rotatable bonds is 8. The first kappa shape index (κ1) is 29.0. The fourth-order valence-electron chi connectivity index (χ4n) is 5.56. The molecule has 1 aliphatic rings. The predicted molar refractivity (Wildman–Crippen MR) is 170 cm³/mol. The van der Waals surface area contributed by atoms with E-state index in [1.807, 2.05) is 60.7 Å². The minimum atomic E-state index is -0.788. The van der Waals surface area contributed by atoms with Crippen LogP contribution >= 0.6 is 11.3 Å². The summed E-state index contributed by atoms with van der Waals surface area (Å²) in [6, 6.07) is 20.3. The number of ether oxygens (including phenoxy) is 4. The fourth-order valence-corrected chi connectivity index (χ4v) is 6.59. The van der Waals surface area contributed by atoms with Crippen molar-refractivity contribution in [3.05, 3.63) is 109 Å². The topological polar surface area (TPSA) is 104 Å². The number of aromatic nitrogens is 2. The quantitative estimate of drug-likeness (QED) is 0.249. The molecule has 3 heterocycles. The average Bonchev–Trinajstić information content (AvgIpc) is 3.56. The van der Waals surface area contributed by atoms with Gasteiger partial charge in [-0.25, -0.2) is 9.79 Å². The number of allylic oxidation sites excluding steroid dienone is 1. The summed E-state index contributed by atoms with van der Waals surface area (Å²) in [6.45, 7) is 3.69. The van der Waals surface area contributed by atoms with Gasteiger partial charge in [0.25, 0.3) is 5.56 Å². The predicted octanol–water partition coefficient (Wildman–Crippen LogP) is 4.97. The average molecular weight is 610 g/mol. The Hall–Kier alpha value is -5.09. The lowest BCUT2D eigenvalue weighted by atomic mass is 9.95. The molecule has 1 atom stereocenters. The molecular weight excluding hydrogens is 578 g/mol. The van der Waals surface area contributed by atoms with Crippen molar-refractivity contribution in [3.8, 4) is 28.5 Å². The molecule has 0 bridgehead atoms. The van der Waals surface area contributed by atoms with Crippen molar-refractivity contribution in [2.45, 2.75) is 19.9 Å². The molecule has 3 aromatic carbocycles. The number of carbonyl (C=O) groups is 1. The summed E-state index contributed by atoms with van der Waals surface area (Å²) in [6.07, 6.45) is 1.89. The lowest BCUT2D eigenvalue weighted by Crippen LogP contribution is -2.40. The molecule has 10 heteroatoms. The van der Waals surface area contributed by atoms with Gasteiger partial charge < -0.3 is 23.9 Å². The van der Waals surface area contributed by atoms with Gasteiger partial charge in [-0.1, -0.05) is 47.7 Å². The van der Waals surface area contributed by atoms with Crippen LogP contribution in [0.15, 0.2) is 87.8 Å². The summed E-state index contributed by atoms with van der Waals surface area (Å²) >= 11 is 1.27. The van der Waals surface area contributed by atoms with Gasteiger partial charge in [0.2, 0.25) is 0 Å². The number of hydrogen-bond acceptors (Lipinski definition) is 8. The molecule has 9 nitrogen and oxygen atoms in total. The van der Waals surface area contributed by atoms with Gasteiger partial charge in [-0.15, -0.1) is 0 Å². The van der Waals surface area contributed by atoms with Crippen molar-refractivity contribution in [1.29, 1.82) is 0 Å². The smallest absolute Gasteiger partial charge is 0.338 e. The van der Waals surface area contributed by atoms with Crippen molar-refractivity contribution < 1.29 is 23.7 Å². The van der Waals surface area contributed by atoms with Gasteiger partial charge in [-0.3, -0.25) is 9.36 Å². The lowest BCUT2D eigenvalue weighted by molar-refractivity contribution is -0.139. The summed E-state index contributed by atoms with van der Waals surface area (Å²) in [5.74, 6) is 1.18. The van der Waals surface area contributed by atoms with Crippen LogP contribution in [0.4, 0.5) is 0 Å². The van der Waals surface area contributed by atoms with Gasteiger partial charge in [0.05, 0.1) is 55.5 Å². The van der Waals surface area contributed by atoms with E-state index in [1.54, 1.807) is 51.9 Å². The number of fused-ring (bicyclic) bond motifs is 2. The molecule has 0 aliphatic carbocycles. The molecule has 1 unspecified atom stereocenters. The summed E-state index contributed by atoms with van der Waals surface area (Å²) < 4.78 is 24.0. The fraction of sp³-hybridized carbons (Fsp3) is 0.206. The van der Waals surface area contributed by atoms with Crippen molar-refractivity contribution in [3.63, 3.8) is 0 Å². The van der Waals surface area contributed by atoms with Crippen molar-refractivity contribution >= 4 is 34.3 Å². The number of benzene rings is 3. The van der Waals surface area contributed by atoms with Crippen molar-refractivity contribution in [2.75, 3.05) is 27.9 Å². The highest BCUT2D eigenvalue weighted by atomic mass is 32.1. The van der Waals surface area contributed by atoms with Crippen LogP contribution in [0.25, 0.3) is 28.2 Å². The van der Waals surface area contributed by atoms with E-state index in [-0.39, 0.29) is 12.2 Å². The standard InChI is InChI=1S/C34H31N3O6S/c1-6-43-33(39)29-19(2)35-34-37(31(29)21-12-15-26(41-4)27(16-21)42-5)32(38)28(44-34)18-24-23-17-22(40-3)13-14-25(23)36-30(24)20-10-8-7-9-11-20/h7-18,31,36H,6H2,1-5H3/b28-18+. The summed E-state index contributed by atoms with van der Waals surface area (Å²) in [4.78, 5) is 36.4. The molecule has 5 aromatic rings. The Labute approximate surface area is 257 Å². The third kappa shape index (κ3) is 4.97. The lowest BCUT2D eigenvalue weighted by Gasteiger charge is -2.25. The first-order chi connectivity index (χ1) is 21.4. The second-order valence-corrected chi connectivity index (χ2v) is 11.1. The number of nitrogens with one attached hydrogen (secondary N) is 1. The largest absolute Gasteiger partial charge is 0.497 e. The molecule has 0 spiro atoms. The summed E-state index contributed by atoms with van der Waals surface area (Å²) in [5.41, 5.74) is 4.77. The monoisotopic (exact) mass is 609 g/mol. The SMILES string of the molecule is CCOC(=O)C1=C(C)N=c2s/c(=C/c3c(-c4ccccc4)[nH]c4ccc(OC)cc34)c(=O)n2C1c1ccc(OC)c(OC)c1. The van der Waals surface area contributed by atoms with Crippen LogP contribution in [-0.4, -0.2) is 43.5 Å². The second kappa shape index (κ2) is 11.9. The van der Waals surface area contributed by atoms with Crippen LogP contribution in [0.2, 0.25) is 0 Å². The molecule has 2 aromatic heterocycles. The van der Waals surface area contributed by atoms with Gasteiger partial charge in [0, 0.05) is 16.5 Å². The third-order valence-corrected chi connectivity index (χ3v) is 8.61. The Morgan fingerprint density at radius 3 is 2.48 bits per heavy atom. The van der Waals surface area contributed by atoms with Gasteiger partial charge in [-0.05, 0) is 61.4 Å². The zero-order valence-corrected chi connectivity index (χ0v) is 25.8. The molecule has 0 saturated carbocycles. The van der Waals surface area contributed by atoms with Gasteiger partial charge in [0.15, 0.2) is 16.3 Å². The Bertz CT molecular complexity index is 2110.